The molecule has 2 aliphatic rings. The minimum Gasteiger partial charge on any atom is -0.394 e. The highest BCUT2D eigenvalue weighted by Crippen LogP contribution is 2.23. The molecule has 0 bridgehead atoms. The van der Waals surface area contributed by atoms with Crippen LogP contribution in [-0.2, 0) is 9.84 Å². The Morgan fingerprint density at radius 3 is 2.67 bits per heavy atom. The van der Waals surface area contributed by atoms with Crippen molar-refractivity contribution in [2.24, 2.45) is 0 Å². The van der Waals surface area contributed by atoms with Crippen LogP contribution >= 0.6 is 0 Å². The van der Waals surface area contributed by atoms with Gasteiger partial charge in [-0.3, -0.25) is 0 Å². The molecule has 1 heterocycles. The second-order valence-corrected chi connectivity index (χ2v) is 8.22. The van der Waals surface area contributed by atoms with E-state index in [1.807, 2.05) is 6.92 Å². The van der Waals surface area contributed by atoms with Crippen LogP contribution in [0.25, 0.3) is 0 Å². The molecule has 1 saturated heterocycles. The third-order valence-corrected chi connectivity index (χ3v) is 5.41. The summed E-state index contributed by atoms with van der Waals surface area (Å²) in [4.78, 5) is 2.16. The molecule has 1 saturated carbocycles. The Morgan fingerprint density at radius 1 is 1.33 bits per heavy atom. The first-order valence-corrected chi connectivity index (χ1v) is 8.56. The minimum atomic E-state index is -2.85. The van der Waals surface area contributed by atoms with E-state index in [2.05, 4.69) is 10.2 Å². The van der Waals surface area contributed by atoms with E-state index in [0.29, 0.717) is 24.8 Å². The van der Waals surface area contributed by atoms with Crippen LogP contribution in [0.5, 0.6) is 0 Å². The predicted octanol–water partition coefficient (Wildman–Crippen LogP) is -0.390. The van der Waals surface area contributed by atoms with Gasteiger partial charge in [0.05, 0.1) is 23.7 Å². The van der Waals surface area contributed by atoms with E-state index in [0.717, 1.165) is 13.1 Å². The van der Waals surface area contributed by atoms with Crippen molar-refractivity contribution < 1.29 is 13.5 Å². The number of hydrogen-bond acceptors (Lipinski definition) is 5. The SMILES string of the molecule is CC(CO)(CN1CCCS(=O)(=O)CC1)NC1CC1. The maximum atomic E-state index is 11.5. The smallest absolute Gasteiger partial charge is 0.151 e. The number of aliphatic hydroxyl groups is 1. The standard InChI is InChI=1S/C12H24N2O3S/c1-12(10-15,13-11-3-4-11)9-14-5-2-7-18(16,17)8-6-14/h11,13,15H,2-10H2,1H3. The fourth-order valence-corrected chi connectivity index (χ4v) is 3.81. The molecule has 2 rings (SSSR count). The van der Waals surface area contributed by atoms with Crippen molar-refractivity contribution in [1.29, 1.82) is 0 Å². The Bertz CT molecular complexity index is 381. The first-order valence-electron chi connectivity index (χ1n) is 6.74. The molecule has 1 atom stereocenters. The molecule has 1 aliphatic heterocycles. The van der Waals surface area contributed by atoms with Crippen molar-refractivity contribution in [3.05, 3.63) is 0 Å². The van der Waals surface area contributed by atoms with E-state index in [-0.39, 0.29) is 17.9 Å². The first-order chi connectivity index (χ1) is 8.42. The lowest BCUT2D eigenvalue weighted by Crippen LogP contribution is -2.55. The molecule has 18 heavy (non-hydrogen) atoms. The second kappa shape index (κ2) is 5.45. The summed E-state index contributed by atoms with van der Waals surface area (Å²) in [6.45, 7) is 4.22. The monoisotopic (exact) mass is 276 g/mol. The van der Waals surface area contributed by atoms with Crippen LogP contribution in [0, 0.1) is 0 Å². The van der Waals surface area contributed by atoms with Crippen molar-refractivity contribution in [1.82, 2.24) is 10.2 Å². The van der Waals surface area contributed by atoms with Gasteiger partial charge in [0, 0.05) is 19.1 Å². The van der Waals surface area contributed by atoms with E-state index in [4.69, 9.17) is 0 Å². The highest BCUT2D eigenvalue weighted by Gasteiger charge is 2.34. The van der Waals surface area contributed by atoms with Gasteiger partial charge in [0.25, 0.3) is 0 Å². The molecule has 106 valence electrons. The van der Waals surface area contributed by atoms with Crippen LogP contribution in [0.1, 0.15) is 26.2 Å². The Hall–Kier alpha value is -0.170. The van der Waals surface area contributed by atoms with Crippen LogP contribution in [0.4, 0.5) is 0 Å². The maximum absolute atomic E-state index is 11.5. The number of hydrogen-bond donors (Lipinski definition) is 2. The topological polar surface area (TPSA) is 69.6 Å². The van der Waals surface area contributed by atoms with Crippen molar-refractivity contribution in [2.75, 3.05) is 37.7 Å². The Kier molecular flexibility index (Phi) is 4.31. The summed E-state index contributed by atoms with van der Waals surface area (Å²) in [7, 11) is -2.85. The number of nitrogens with one attached hydrogen (secondary N) is 1. The quantitative estimate of drug-likeness (QED) is 0.716. The average Bonchev–Trinajstić information content (AvgIpc) is 3.09. The molecule has 2 N–H and O–H groups in total. The van der Waals surface area contributed by atoms with Crippen LogP contribution < -0.4 is 5.32 Å². The van der Waals surface area contributed by atoms with Crippen LogP contribution in [0.3, 0.4) is 0 Å². The van der Waals surface area contributed by atoms with E-state index >= 15 is 0 Å². The Morgan fingerprint density at radius 2 is 2.06 bits per heavy atom. The molecular weight excluding hydrogens is 252 g/mol. The van der Waals surface area contributed by atoms with Crippen LogP contribution in [0.15, 0.2) is 0 Å². The molecule has 0 amide bonds. The van der Waals surface area contributed by atoms with Gasteiger partial charge in [0.15, 0.2) is 9.84 Å². The molecule has 1 unspecified atom stereocenters. The number of rotatable bonds is 5. The highest BCUT2D eigenvalue weighted by atomic mass is 32.2. The zero-order valence-electron chi connectivity index (χ0n) is 11.1. The highest BCUT2D eigenvalue weighted by molar-refractivity contribution is 7.91. The van der Waals surface area contributed by atoms with E-state index < -0.39 is 9.84 Å². The second-order valence-electron chi connectivity index (χ2n) is 5.92. The number of nitrogens with zero attached hydrogens (tertiary/aromatic N) is 1. The molecule has 6 heteroatoms. The van der Waals surface area contributed by atoms with Gasteiger partial charge in [0.2, 0.25) is 0 Å². The van der Waals surface area contributed by atoms with E-state index in [9.17, 15) is 13.5 Å². The third-order valence-electron chi connectivity index (χ3n) is 3.70. The van der Waals surface area contributed by atoms with Gasteiger partial charge in [-0.1, -0.05) is 0 Å². The van der Waals surface area contributed by atoms with Gasteiger partial charge < -0.3 is 15.3 Å². The van der Waals surface area contributed by atoms with E-state index in [1.54, 1.807) is 0 Å². The summed E-state index contributed by atoms with van der Waals surface area (Å²) in [5.41, 5.74) is -0.310. The lowest BCUT2D eigenvalue weighted by Gasteiger charge is -2.34. The Balaban J connectivity index is 1.90. The third kappa shape index (κ3) is 4.19. The van der Waals surface area contributed by atoms with Crippen molar-refractivity contribution in [3.8, 4) is 0 Å². The van der Waals surface area contributed by atoms with Crippen molar-refractivity contribution in [2.45, 2.75) is 37.8 Å². The summed E-state index contributed by atoms with van der Waals surface area (Å²) in [6.07, 6.45) is 3.07. The fourth-order valence-electron chi connectivity index (χ4n) is 2.50. The van der Waals surface area contributed by atoms with Gasteiger partial charge in [0.1, 0.15) is 0 Å². The van der Waals surface area contributed by atoms with Crippen LogP contribution in [0.2, 0.25) is 0 Å². The summed E-state index contributed by atoms with van der Waals surface area (Å²) in [6, 6.07) is 0.540. The molecular formula is C12H24N2O3S. The first kappa shape index (κ1) is 14.2. The molecule has 0 aromatic rings. The van der Waals surface area contributed by atoms with Gasteiger partial charge in [-0.05, 0) is 32.7 Å². The van der Waals surface area contributed by atoms with Crippen LogP contribution in [-0.4, -0.2) is 67.8 Å². The summed E-state index contributed by atoms with van der Waals surface area (Å²) in [5.74, 6) is 0.549. The molecule has 0 aromatic carbocycles. The summed E-state index contributed by atoms with van der Waals surface area (Å²) in [5, 5.41) is 13.0. The molecule has 0 radical (unpaired) electrons. The van der Waals surface area contributed by atoms with Gasteiger partial charge in [-0.2, -0.15) is 0 Å². The minimum absolute atomic E-state index is 0.0900. The molecule has 0 spiro atoms. The Labute approximate surface area is 109 Å². The lowest BCUT2D eigenvalue weighted by atomic mass is 10.0. The zero-order chi connectivity index (χ0) is 13.2. The molecule has 0 aromatic heterocycles. The number of aliphatic hydroxyl groups excluding tert-OH is 1. The maximum Gasteiger partial charge on any atom is 0.151 e. The molecule has 1 aliphatic carbocycles. The van der Waals surface area contributed by atoms with Crippen molar-refractivity contribution >= 4 is 9.84 Å². The van der Waals surface area contributed by atoms with Gasteiger partial charge >= 0.3 is 0 Å². The molecule has 2 fully saturated rings. The average molecular weight is 276 g/mol. The lowest BCUT2D eigenvalue weighted by molar-refractivity contribution is 0.122. The van der Waals surface area contributed by atoms with Gasteiger partial charge in [-0.15, -0.1) is 0 Å². The van der Waals surface area contributed by atoms with Gasteiger partial charge in [-0.25, -0.2) is 8.42 Å². The summed E-state index contributed by atoms with van der Waals surface area (Å²) >= 11 is 0. The summed E-state index contributed by atoms with van der Waals surface area (Å²) < 4.78 is 23.1. The number of sulfone groups is 1. The van der Waals surface area contributed by atoms with E-state index in [1.165, 1.54) is 12.8 Å². The van der Waals surface area contributed by atoms with Crippen molar-refractivity contribution in [3.63, 3.8) is 0 Å². The largest absolute Gasteiger partial charge is 0.394 e. The zero-order valence-corrected chi connectivity index (χ0v) is 11.9. The predicted molar refractivity (Wildman–Crippen MR) is 71.4 cm³/mol. The normalized spacial score (nSPS) is 28.6. The fraction of sp³-hybridized carbons (Fsp3) is 1.00. The molecule has 5 nitrogen and oxygen atoms in total.